The van der Waals surface area contributed by atoms with E-state index in [1.54, 1.807) is 0 Å². The minimum atomic E-state index is -1.40. The van der Waals surface area contributed by atoms with E-state index in [0.29, 0.717) is 11.8 Å². The molecule has 0 saturated heterocycles. The Labute approximate surface area is 378 Å². The van der Waals surface area contributed by atoms with Crippen molar-refractivity contribution in [1.29, 1.82) is 0 Å². The number of fused-ring (bicyclic) bond motifs is 3. The molecule has 0 aliphatic carbocycles. The largest absolute Gasteiger partial charge is 0.343 e. The zero-order chi connectivity index (χ0) is 42.2. The Morgan fingerprint density at radius 3 is 1.88 bits per heavy atom. The summed E-state index contributed by atoms with van der Waals surface area (Å²) in [6.07, 6.45) is 5.45. The fourth-order valence-corrected chi connectivity index (χ4v) is 11.3. The van der Waals surface area contributed by atoms with Crippen LogP contribution >= 0.6 is 11.3 Å². The molecule has 0 spiro atoms. The zero-order valence-corrected chi connectivity index (χ0v) is 40.7. The third-order valence-electron chi connectivity index (χ3n) is 11.3. The van der Waals surface area contributed by atoms with E-state index in [0.717, 1.165) is 23.2 Å². The molecule has 2 nitrogen and oxygen atoms in total. The van der Waals surface area contributed by atoms with Gasteiger partial charge in [0.2, 0.25) is 0 Å². The van der Waals surface area contributed by atoms with Crippen LogP contribution in [0.5, 0.6) is 0 Å². The Morgan fingerprint density at radius 1 is 0.617 bits per heavy atom. The summed E-state index contributed by atoms with van der Waals surface area (Å²) < 4.78 is 6.60. The van der Waals surface area contributed by atoms with Gasteiger partial charge in [0.05, 0.1) is 31.9 Å². The normalized spacial score (nSPS) is 11.5. The topological polar surface area (TPSA) is 7.76 Å². The molecule has 0 atom stereocenters. The summed E-state index contributed by atoms with van der Waals surface area (Å²) in [6.45, 7) is 27.1. The maximum Gasteiger partial charge on any atom is 0.0709 e. The van der Waals surface area contributed by atoms with E-state index in [1.807, 2.05) is 15.9 Å². The fourth-order valence-electron chi connectivity index (χ4n) is 8.23. The molecular weight excluding hydrogens is 941 g/mol. The monoisotopic (exact) mass is 999 g/mol. The van der Waals surface area contributed by atoms with Gasteiger partial charge in [-0.25, -0.2) is 0 Å². The molecule has 0 bridgehead atoms. The first-order chi connectivity index (χ1) is 28.1. The molecule has 0 amide bonds. The number of nitrogens with zero attached hydrogens (tertiary/aromatic N) is 2. The van der Waals surface area contributed by atoms with Crippen LogP contribution in [0.4, 0.5) is 0 Å². The standard InChI is InChI=1S/C34H28NS.C21H30NSi.Ir/c1-22(2)27-19-20-35(4)31(21-27)32-23(3)13-18-30-29-12-8-11-28(33(29)36-34(30)32)26-16-14-25(15-17-26)24-9-6-5-7-10-24;1-15(2)12-18-13-19(21-16(3)10-9-11-17(21)4)22(5)14-20(18)23(6,7)8;/h5-22H,3-4H2,1-2H3;9-11,13-15H,3,5,12H2,1-2,4,6-8H3;/q2*-1;. The molecule has 0 saturated carbocycles. The summed E-state index contributed by atoms with van der Waals surface area (Å²) in [5.41, 5.74) is 15.8. The number of aromatic nitrogens is 2. The average Bonchev–Trinajstić information content (AvgIpc) is 3.58. The number of thiophene rings is 1. The van der Waals surface area contributed by atoms with Gasteiger partial charge in [0.25, 0.3) is 0 Å². The smallest absolute Gasteiger partial charge is 0.0709 e. The van der Waals surface area contributed by atoms with Crippen LogP contribution < -0.4 is 14.3 Å². The van der Waals surface area contributed by atoms with Crippen LogP contribution in [-0.4, -0.2) is 8.07 Å². The van der Waals surface area contributed by atoms with Crippen molar-refractivity contribution in [1.82, 2.24) is 0 Å². The van der Waals surface area contributed by atoms with Crippen molar-refractivity contribution in [3.05, 3.63) is 189 Å². The molecule has 60 heavy (non-hydrogen) atoms. The van der Waals surface area contributed by atoms with Gasteiger partial charge >= 0.3 is 0 Å². The molecule has 0 aliphatic rings. The number of rotatable bonds is 8. The van der Waals surface area contributed by atoms with Crippen LogP contribution in [0.2, 0.25) is 19.6 Å². The quantitative estimate of drug-likeness (QED) is 0.0814. The van der Waals surface area contributed by atoms with Gasteiger partial charge in [0.15, 0.2) is 0 Å². The van der Waals surface area contributed by atoms with Gasteiger partial charge in [-0.15, -0.1) is 34.6 Å². The second-order valence-electron chi connectivity index (χ2n) is 17.7. The van der Waals surface area contributed by atoms with Crippen LogP contribution in [0.1, 0.15) is 61.4 Å². The minimum absolute atomic E-state index is 0. The van der Waals surface area contributed by atoms with E-state index in [-0.39, 0.29) is 20.1 Å². The average molecular weight is 999 g/mol. The molecule has 0 N–H and O–H groups in total. The van der Waals surface area contributed by atoms with Gasteiger partial charge in [-0.3, -0.25) is 0 Å². The van der Waals surface area contributed by atoms with Crippen LogP contribution in [-0.2, 0) is 26.5 Å². The zero-order valence-electron chi connectivity index (χ0n) is 36.5. The molecule has 0 unspecified atom stereocenters. The van der Waals surface area contributed by atoms with Crippen LogP contribution in [0.25, 0.3) is 64.9 Å². The van der Waals surface area contributed by atoms with Crippen LogP contribution in [0, 0.1) is 40.8 Å². The molecule has 5 heteroatoms. The van der Waals surface area contributed by atoms with Crippen molar-refractivity contribution in [2.45, 2.75) is 66.6 Å². The number of aryl methyl sites for hydroxylation is 1. The third kappa shape index (κ3) is 9.16. The summed E-state index contributed by atoms with van der Waals surface area (Å²) in [4.78, 5) is 0. The molecular formula is C55H58IrN2SSi-2. The summed E-state index contributed by atoms with van der Waals surface area (Å²) >= 11 is 1.86. The second kappa shape index (κ2) is 18.3. The van der Waals surface area contributed by atoms with Gasteiger partial charge in [-0.05, 0) is 61.2 Å². The van der Waals surface area contributed by atoms with Crippen molar-refractivity contribution in [3.8, 4) is 44.8 Å². The Kier molecular flexibility index (Phi) is 13.6. The van der Waals surface area contributed by atoms with E-state index in [1.165, 1.54) is 81.1 Å². The summed E-state index contributed by atoms with van der Waals surface area (Å²) in [6, 6.07) is 43.6. The van der Waals surface area contributed by atoms with Crippen molar-refractivity contribution in [2.75, 3.05) is 0 Å². The van der Waals surface area contributed by atoms with Gasteiger partial charge in [-0.2, -0.15) is 37.1 Å². The molecule has 3 heterocycles. The Hall–Kier alpha value is -5.03. The maximum absolute atomic E-state index is 4.42. The SMILES string of the molecule is [CH2-]c1ccc2c(sc3c(-c4ccc(-c5ccccc5)cc4)cccc32)c1-c1cc(C(C)C)cc[n+]1[CH2-].[CH2-]c1cccc(C)c1-c1cc(CC(C)C)c([Si](C)(C)C)c[n+]1[CH2-].[Ir]. The first-order valence-corrected chi connectivity index (χ1v) is 25.1. The van der Waals surface area contributed by atoms with Gasteiger partial charge in [0.1, 0.15) is 0 Å². The van der Waals surface area contributed by atoms with Gasteiger partial charge < -0.3 is 9.13 Å². The molecule has 0 fully saturated rings. The molecule has 1 radical (unpaired) electrons. The Balaban J connectivity index is 0.000000219. The summed E-state index contributed by atoms with van der Waals surface area (Å²) in [5, 5.41) is 4.08. The Bertz CT molecular complexity index is 2750. The van der Waals surface area contributed by atoms with Crippen molar-refractivity contribution >= 4 is 44.8 Å². The summed E-state index contributed by atoms with van der Waals surface area (Å²) in [7, 11) is 7.17. The van der Waals surface area contributed by atoms with E-state index < -0.39 is 8.07 Å². The molecule has 3 aromatic heterocycles. The van der Waals surface area contributed by atoms with E-state index in [4.69, 9.17) is 0 Å². The third-order valence-corrected chi connectivity index (χ3v) is 14.7. The maximum atomic E-state index is 4.42. The van der Waals surface area contributed by atoms with Crippen LogP contribution in [0.3, 0.4) is 0 Å². The Morgan fingerprint density at radius 2 is 1.23 bits per heavy atom. The van der Waals surface area contributed by atoms with Crippen molar-refractivity contribution in [2.24, 2.45) is 5.92 Å². The number of hydrogen-bond acceptors (Lipinski definition) is 1. The van der Waals surface area contributed by atoms with Crippen LogP contribution in [0.15, 0.2) is 134 Å². The van der Waals surface area contributed by atoms with Gasteiger partial charge in [-0.1, -0.05) is 168 Å². The van der Waals surface area contributed by atoms with E-state index in [9.17, 15) is 0 Å². The molecule has 5 aromatic carbocycles. The van der Waals surface area contributed by atoms with E-state index >= 15 is 0 Å². The first-order valence-electron chi connectivity index (χ1n) is 20.8. The van der Waals surface area contributed by atoms with E-state index in [2.05, 4.69) is 220 Å². The minimum Gasteiger partial charge on any atom is -0.343 e. The molecule has 309 valence electrons. The van der Waals surface area contributed by atoms with Crippen molar-refractivity contribution in [3.63, 3.8) is 0 Å². The van der Waals surface area contributed by atoms with Crippen molar-refractivity contribution < 1.29 is 29.2 Å². The summed E-state index contributed by atoms with van der Waals surface area (Å²) in [5.74, 6) is 1.10. The van der Waals surface area contributed by atoms with Gasteiger partial charge in [0, 0.05) is 38.9 Å². The molecule has 8 aromatic rings. The fraction of sp³-hybridized carbons (Fsp3) is 0.200. The number of benzene rings is 5. The second-order valence-corrected chi connectivity index (χ2v) is 23.8. The number of hydrogen-bond donors (Lipinski definition) is 0. The number of pyridine rings is 2. The molecule has 8 rings (SSSR count). The predicted molar refractivity (Wildman–Crippen MR) is 259 cm³/mol. The molecule has 0 aliphatic heterocycles. The first kappa shape index (κ1) is 44.5. The predicted octanol–water partition coefficient (Wildman–Crippen LogP) is 13.8.